The highest BCUT2D eigenvalue weighted by Crippen LogP contribution is 2.26. The summed E-state index contributed by atoms with van der Waals surface area (Å²) in [6, 6.07) is 8.14. The molecule has 1 aromatic carbocycles. The van der Waals surface area contributed by atoms with Crippen LogP contribution < -0.4 is 4.90 Å². The summed E-state index contributed by atoms with van der Waals surface area (Å²) in [7, 11) is 2.06. The molecule has 96 valence electrons. The zero-order valence-corrected chi connectivity index (χ0v) is 13.8. The maximum Gasteiger partial charge on any atom is 0.0692 e. The summed E-state index contributed by atoms with van der Waals surface area (Å²) >= 11 is 8.68. The second kappa shape index (κ2) is 6.19. The van der Waals surface area contributed by atoms with Gasteiger partial charge in [0.15, 0.2) is 0 Å². The molecule has 0 aliphatic rings. The molecule has 0 amide bonds. The molecule has 5 heteroatoms. The number of halogens is 2. The molecule has 0 saturated carbocycles. The fourth-order valence-corrected chi connectivity index (χ4v) is 3.66. The van der Waals surface area contributed by atoms with E-state index in [4.69, 9.17) is 5.11 Å². The van der Waals surface area contributed by atoms with Gasteiger partial charge in [0, 0.05) is 31.9 Å². The van der Waals surface area contributed by atoms with Crippen LogP contribution in [0.5, 0.6) is 0 Å². The molecule has 1 N–H and O–H groups in total. The van der Waals surface area contributed by atoms with Crippen molar-refractivity contribution in [2.45, 2.75) is 13.2 Å². The van der Waals surface area contributed by atoms with Crippen LogP contribution in [0.25, 0.3) is 0 Å². The smallest absolute Gasteiger partial charge is 0.0692 e. The second-order valence-electron chi connectivity index (χ2n) is 4.02. The van der Waals surface area contributed by atoms with Crippen molar-refractivity contribution in [1.82, 2.24) is 0 Å². The van der Waals surface area contributed by atoms with Crippen molar-refractivity contribution in [3.05, 3.63) is 49.0 Å². The molecule has 2 rings (SSSR count). The average Bonchev–Trinajstić information content (AvgIpc) is 2.74. The van der Waals surface area contributed by atoms with Crippen LogP contribution in [0.15, 0.2) is 38.6 Å². The van der Waals surface area contributed by atoms with Crippen LogP contribution in [0.1, 0.15) is 10.4 Å². The van der Waals surface area contributed by atoms with Gasteiger partial charge in [-0.15, -0.1) is 11.3 Å². The Morgan fingerprint density at radius 2 is 2.06 bits per heavy atom. The van der Waals surface area contributed by atoms with E-state index < -0.39 is 0 Å². The van der Waals surface area contributed by atoms with Crippen LogP contribution in [-0.4, -0.2) is 12.2 Å². The van der Waals surface area contributed by atoms with Crippen molar-refractivity contribution in [3.63, 3.8) is 0 Å². The van der Waals surface area contributed by atoms with Gasteiger partial charge < -0.3 is 10.0 Å². The summed E-state index contributed by atoms with van der Waals surface area (Å²) in [6.45, 7) is 0.934. The molecule has 18 heavy (non-hydrogen) atoms. The minimum Gasteiger partial charge on any atom is -0.392 e. The van der Waals surface area contributed by atoms with Gasteiger partial charge in [0.25, 0.3) is 0 Å². The van der Waals surface area contributed by atoms with Gasteiger partial charge in [0.2, 0.25) is 0 Å². The van der Waals surface area contributed by atoms with Gasteiger partial charge in [-0.25, -0.2) is 0 Å². The molecule has 0 aliphatic carbocycles. The van der Waals surface area contributed by atoms with Gasteiger partial charge in [-0.1, -0.05) is 22.0 Å². The van der Waals surface area contributed by atoms with Crippen molar-refractivity contribution in [2.24, 2.45) is 0 Å². The van der Waals surface area contributed by atoms with Gasteiger partial charge in [0.1, 0.15) is 0 Å². The Morgan fingerprint density at radius 1 is 1.28 bits per heavy atom. The Labute approximate surface area is 128 Å². The fraction of sp³-hybridized carbons (Fsp3) is 0.231. The van der Waals surface area contributed by atoms with E-state index in [1.54, 1.807) is 11.3 Å². The van der Waals surface area contributed by atoms with Crippen LogP contribution >= 0.6 is 43.2 Å². The molecule has 1 aromatic heterocycles. The van der Waals surface area contributed by atoms with E-state index in [0.29, 0.717) is 0 Å². The third-order valence-corrected chi connectivity index (χ3v) is 5.08. The number of hydrogen-bond acceptors (Lipinski definition) is 3. The molecular weight excluding hydrogens is 378 g/mol. The number of benzene rings is 1. The van der Waals surface area contributed by atoms with E-state index in [2.05, 4.69) is 55.3 Å². The number of nitrogens with zero attached hydrogens (tertiary/aromatic N) is 1. The van der Waals surface area contributed by atoms with Crippen molar-refractivity contribution in [2.75, 3.05) is 11.9 Å². The van der Waals surface area contributed by atoms with E-state index in [1.165, 1.54) is 4.88 Å². The predicted octanol–water partition coefficient (Wildman–Crippen LogP) is 4.40. The first-order chi connectivity index (χ1) is 8.60. The van der Waals surface area contributed by atoms with Crippen LogP contribution in [0.3, 0.4) is 0 Å². The molecule has 2 aromatic rings. The maximum absolute atomic E-state index is 9.14. The Morgan fingerprint density at radius 3 is 2.61 bits per heavy atom. The van der Waals surface area contributed by atoms with Crippen LogP contribution in [-0.2, 0) is 13.2 Å². The highest BCUT2D eigenvalue weighted by atomic mass is 79.9. The van der Waals surface area contributed by atoms with Crippen LogP contribution in [0, 0.1) is 0 Å². The second-order valence-corrected chi connectivity index (χ2v) is 6.79. The fourth-order valence-electron chi connectivity index (χ4n) is 1.66. The number of thiophene rings is 1. The van der Waals surface area contributed by atoms with E-state index in [9.17, 15) is 0 Å². The van der Waals surface area contributed by atoms with Gasteiger partial charge in [-0.2, -0.15) is 0 Å². The predicted molar refractivity (Wildman–Crippen MR) is 84.2 cm³/mol. The Balaban J connectivity index is 2.13. The molecule has 0 radical (unpaired) electrons. The highest BCUT2D eigenvalue weighted by Gasteiger charge is 2.06. The molecule has 0 saturated heterocycles. The molecule has 0 atom stereocenters. The number of aliphatic hydroxyl groups is 1. The number of rotatable bonds is 4. The quantitative estimate of drug-likeness (QED) is 0.836. The molecule has 0 bridgehead atoms. The van der Waals surface area contributed by atoms with Crippen LogP contribution in [0.4, 0.5) is 5.69 Å². The average molecular weight is 391 g/mol. The van der Waals surface area contributed by atoms with Gasteiger partial charge in [-0.3, -0.25) is 0 Å². The Kier molecular flexibility index (Phi) is 4.84. The molecule has 2 nitrogen and oxygen atoms in total. The minimum atomic E-state index is 0.0580. The highest BCUT2D eigenvalue weighted by molar-refractivity contribution is 9.10. The minimum absolute atomic E-state index is 0.0580. The van der Waals surface area contributed by atoms with E-state index >= 15 is 0 Å². The van der Waals surface area contributed by atoms with E-state index in [0.717, 1.165) is 26.7 Å². The lowest BCUT2D eigenvalue weighted by Gasteiger charge is -2.19. The van der Waals surface area contributed by atoms with Crippen molar-refractivity contribution in [1.29, 1.82) is 0 Å². The summed E-state index contributed by atoms with van der Waals surface area (Å²) in [5.74, 6) is 0. The summed E-state index contributed by atoms with van der Waals surface area (Å²) < 4.78 is 2.08. The molecular formula is C13H13Br2NOS. The van der Waals surface area contributed by atoms with Gasteiger partial charge in [0.05, 0.1) is 13.2 Å². The first kappa shape index (κ1) is 14.1. The van der Waals surface area contributed by atoms with E-state index in [-0.39, 0.29) is 6.61 Å². The monoisotopic (exact) mass is 389 g/mol. The molecule has 0 fully saturated rings. The lowest BCUT2D eigenvalue weighted by molar-refractivity contribution is 0.281. The third-order valence-electron chi connectivity index (χ3n) is 2.66. The van der Waals surface area contributed by atoms with Crippen molar-refractivity contribution >= 4 is 48.9 Å². The summed E-state index contributed by atoms with van der Waals surface area (Å²) in [4.78, 5) is 3.50. The lowest BCUT2D eigenvalue weighted by Crippen LogP contribution is -2.15. The number of anilines is 1. The van der Waals surface area contributed by atoms with Gasteiger partial charge in [-0.05, 0) is 39.7 Å². The van der Waals surface area contributed by atoms with E-state index in [1.807, 2.05) is 18.2 Å². The van der Waals surface area contributed by atoms with Gasteiger partial charge >= 0.3 is 0 Å². The third kappa shape index (κ3) is 3.35. The lowest BCUT2D eigenvalue weighted by atomic mass is 10.2. The first-order valence-corrected chi connectivity index (χ1v) is 7.90. The Bertz CT molecular complexity index is 542. The number of aliphatic hydroxyl groups excluding tert-OH is 1. The molecule has 0 unspecified atom stereocenters. The molecule has 1 heterocycles. The first-order valence-electron chi connectivity index (χ1n) is 5.43. The summed E-state index contributed by atoms with van der Waals surface area (Å²) in [5, 5.41) is 11.2. The Hall–Kier alpha value is -0.360. The largest absolute Gasteiger partial charge is 0.392 e. The van der Waals surface area contributed by atoms with Crippen molar-refractivity contribution in [3.8, 4) is 0 Å². The number of hydrogen-bond donors (Lipinski definition) is 1. The van der Waals surface area contributed by atoms with Crippen molar-refractivity contribution < 1.29 is 5.11 Å². The zero-order valence-electron chi connectivity index (χ0n) is 9.86. The standard InChI is InChI=1S/C13H13Br2NOS/c1-16(6-12-4-10(14)8-18-12)11-3-2-9(7-17)13(15)5-11/h2-5,8,17H,6-7H2,1H3. The summed E-state index contributed by atoms with van der Waals surface area (Å²) in [6.07, 6.45) is 0. The molecule has 0 spiro atoms. The normalized spacial score (nSPS) is 10.7. The maximum atomic E-state index is 9.14. The topological polar surface area (TPSA) is 23.5 Å². The van der Waals surface area contributed by atoms with Crippen LogP contribution in [0.2, 0.25) is 0 Å². The SMILES string of the molecule is CN(Cc1cc(Br)cs1)c1ccc(CO)c(Br)c1. The summed E-state index contributed by atoms with van der Waals surface area (Å²) in [5.41, 5.74) is 2.04. The molecule has 0 aliphatic heterocycles. The zero-order chi connectivity index (χ0) is 13.1.